The summed E-state index contributed by atoms with van der Waals surface area (Å²) in [6.07, 6.45) is 4.70. The van der Waals surface area contributed by atoms with E-state index in [1.807, 2.05) is 12.3 Å². The molecule has 3 aromatic rings. The number of nitrogens with zero attached hydrogens (tertiary/aromatic N) is 3. The highest BCUT2D eigenvalue weighted by Gasteiger charge is 2.31. The van der Waals surface area contributed by atoms with E-state index in [0.29, 0.717) is 12.2 Å². The summed E-state index contributed by atoms with van der Waals surface area (Å²) in [6.45, 7) is 2.60. The lowest BCUT2D eigenvalue weighted by Gasteiger charge is -2.31. The average Bonchev–Trinajstić information content (AvgIpc) is 3.15. The van der Waals surface area contributed by atoms with E-state index in [0.717, 1.165) is 44.0 Å². The Hall–Kier alpha value is -3.07. The molecule has 0 spiro atoms. The van der Waals surface area contributed by atoms with Crippen LogP contribution in [0.3, 0.4) is 0 Å². The summed E-state index contributed by atoms with van der Waals surface area (Å²) in [5.74, 6) is 0.397. The monoisotopic (exact) mass is 460 g/mol. The van der Waals surface area contributed by atoms with Crippen LogP contribution in [0.4, 0.5) is 13.2 Å². The summed E-state index contributed by atoms with van der Waals surface area (Å²) < 4.78 is 42.2. The molecule has 1 N–H and O–H groups in total. The maximum Gasteiger partial charge on any atom is 0.573 e. The highest BCUT2D eigenvalue weighted by Crippen LogP contribution is 2.25. The van der Waals surface area contributed by atoms with Crippen LogP contribution in [0.2, 0.25) is 0 Å². The number of nitrogens with one attached hydrogen (secondary N) is 1. The Labute approximate surface area is 190 Å². The Morgan fingerprint density at radius 3 is 2.55 bits per heavy atom. The minimum atomic E-state index is -4.75. The van der Waals surface area contributed by atoms with Gasteiger partial charge in [0.15, 0.2) is 0 Å². The Morgan fingerprint density at radius 1 is 1.12 bits per heavy atom. The Balaban J connectivity index is 1.26. The number of rotatable bonds is 8. The van der Waals surface area contributed by atoms with Crippen LogP contribution in [0, 0.1) is 5.92 Å². The van der Waals surface area contributed by atoms with Gasteiger partial charge in [-0.25, -0.2) is 4.68 Å². The minimum absolute atomic E-state index is 0.250. The number of piperidine rings is 1. The van der Waals surface area contributed by atoms with Crippen molar-refractivity contribution in [1.29, 1.82) is 0 Å². The molecule has 4 rings (SSSR count). The maximum absolute atomic E-state index is 12.4. The SMILES string of the molecule is O=c1cc(CN2CCC(CCCc3cccnc3)CC2)[nH]n1-c1ccc(OC(F)(F)F)cc1. The van der Waals surface area contributed by atoms with E-state index in [1.165, 1.54) is 47.4 Å². The van der Waals surface area contributed by atoms with E-state index < -0.39 is 6.36 Å². The van der Waals surface area contributed by atoms with Crippen molar-refractivity contribution < 1.29 is 17.9 Å². The van der Waals surface area contributed by atoms with Gasteiger partial charge in [-0.1, -0.05) is 12.5 Å². The summed E-state index contributed by atoms with van der Waals surface area (Å²) in [6, 6.07) is 10.8. The molecule has 1 saturated heterocycles. The fourth-order valence-corrected chi connectivity index (χ4v) is 4.33. The molecule has 0 amide bonds. The largest absolute Gasteiger partial charge is 0.573 e. The lowest BCUT2D eigenvalue weighted by Crippen LogP contribution is -2.33. The van der Waals surface area contributed by atoms with Gasteiger partial charge in [0.2, 0.25) is 0 Å². The topological polar surface area (TPSA) is 63.2 Å². The van der Waals surface area contributed by atoms with E-state index in [-0.39, 0.29) is 11.3 Å². The van der Waals surface area contributed by atoms with Gasteiger partial charge in [0.25, 0.3) is 5.56 Å². The lowest BCUT2D eigenvalue weighted by molar-refractivity contribution is -0.274. The molecule has 176 valence electrons. The van der Waals surface area contributed by atoms with Crippen LogP contribution < -0.4 is 10.3 Å². The van der Waals surface area contributed by atoms with Gasteiger partial charge < -0.3 is 4.74 Å². The van der Waals surface area contributed by atoms with E-state index in [4.69, 9.17) is 0 Å². The second kappa shape index (κ2) is 10.2. The number of aryl methyl sites for hydroxylation is 1. The molecular formula is C24H27F3N4O2. The van der Waals surface area contributed by atoms with Crippen LogP contribution in [-0.4, -0.2) is 39.1 Å². The zero-order valence-electron chi connectivity index (χ0n) is 18.2. The predicted octanol–water partition coefficient (Wildman–Crippen LogP) is 4.69. The van der Waals surface area contributed by atoms with Crippen LogP contribution in [0.25, 0.3) is 5.69 Å². The third-order valence-electron chi connectivity index (χ3n) is 6.00. The number of halogens is 3. The van der Waals surface area contributed by atoms with Gasteiger partial charge in [-0.05, 0) is 80.6 Å². The molecule has 1 aliphatic rings. The molecule has 1 aromatic carbocycles. The molecule has 0 bridgehead atoms. The maximum atomic E-state index is 12.4. The number of aromatic amines is 1. The molecule has 0 unspecified atom stereocenters. The second-order valence-electron chi connectivity index (χ2n) is 8.47. The minimum Gasteiger partial charge on any atom is -0.406 e. The first kappa shape index (κ1) is 23.1. The fourth-order valence-electron chi connectivity index (χ4n) is 4.33. The van der Waals surface area contributed by atoms with Crippen molar-refractivity contribution >= 4 is 0 Å². The van der Waals surface area contributed by atoms with Crippen LogP contribution in [0.1, 0.15) is 36.9 Å². The smallest absolute Gasteiger partial charge is 0.406 e. The summed E-state index contributed by atoms with van der Waals surface area (Å²) in [5.41, 5.74) is 2.27. The molecule has 3 heterocycles. The molecule has 0 atom stereocenters. The standard InChI is InChI=1S/C24H27F3N4O2/c25-24(26,27)33-22-8-6-21(7-9-22)31-23(32)15-20(29-31)17-30-13-10-18(11-14-30)3-1-4-19-5-2-12-28-16-19/h2,5-9,12,15-16,18,29H,1,3-4,10-11,13-14,17H2. The molecule has 6 nitrogen and oxygen atoms in total. The summed E-state index contributed by atoms with van der Waals surface area (Å²) >= 11 is 0. The van der Waals surface area contributed by atoms with Crippen molar-refractivity contribution in [2.75, 3.05) is 13.1 Å². The molecule has 33 heavy (non-hydrogen) atoms. The number of pyridine rings is 1. The third-order valence-corrected chi connectivity index (χ3v) is 6.00. The van der Waals surface area contributed by atoms with Crippen molar-refractivity contribution in [2.24, 2.45) is 5.92 Å². The summed E-state index contributed by atoms with van der Waals surface area (Å²) in [7, 11) is 0. The first-order valence-electron chi connectivity index (χ1n) is 11.1. The first-order chi connectivity index (χ1) is 15.9. The van der Waals surface area contributed by atoms with Crippen molar-refractivity contribution in [3.63, 3.8) is 0 Å². The second-order valence-corrected chi connectivity index (χ2v) is 8.47. The number of hydrogen-bond acceptors (Lipinski definition) is 4. The molecule has 1 fully saturated rings. The highest BCUT2D eigenvalue weighted by molar-refractivity contribution is 5.37. The number of hydrogen-bond donors (Lipinski definition) is 1. The molecule has 0 aliphatic carbocycles. The first-order valence-corrected chi connectivity index (χ1v) is 11.1. The van der Waals surface area contributed by atoms with Crippen molar-refractivity contribution in [1.82, 2.24) is 19.7 Å². The molecular weight excluding hydrogens is 433 g/mol. The zero-order chi connectivity index (χ0) is 23.3. The Bertz CT molecular complexity index is 1070. The van der Waals surface area contributed by atoms with E-state index in [2.05, 4.69) is 25.8 Å². The summed E-state index contributed by atoms with van der Waals surface area (Å²) in [5, 5.41) is 3.07. The molecule has 9 heteroatoms. The third kappa shape index (κ3) is 6.71. The zero-order valence-corrected chi connectivity index (χ0v) is 18.2. The number of benzene rings is 1. The molecule has 1 aliphatic heterocycles. The van der Waals surface area contributed by atoms with E-state index in [9.17, 15) is 18.0 Å². The van der Waals surface area contributed by atoms with Gasteiger partial charge >= 0.3 is 6.36 Å². The van der Waals surface area contributed by atoms with Crippen molar-refractivity contribution in [3.05, 3.63) is 76.5 Å². The van der Waals surface area contributed by atoms with Gasteiger partial charge in [0, 0.05) is 25.0 Å². The van der Waals surface area contributed by atoms with Crippen LogP contribution >= 0.6 is 0 Å². The van der Waals surface area contributed by atoms with Crippen LogP contribution in [0.5, 0.6) is 5.75 Å². The Kier molecular flexibility index (Phi) is 7.17. The molecule has 0 saturated carbocycles. The normalized spacial score (nSPS) is 15.6. The number of ether oxygens (including phenoxy) is 1. The quantitative estimate of drug-likeness (QED) is 0.530. The van der Waals surface area contributed by atoms with Gasteiger partial charge in [-0.3, -0.25) is 19.8 Å². The summed E-state index contributed by atoms with van der Waals surface area (Å²) in [4.78, 5) is 18.9. The van der Waals surface area contributed by atoms with Crippen LogP contribution in [-0.2, 0) is 13.0 Å². The van der Waals surface area contributed by atoms with Crippen molar-refractivity contribution in [2.45, 2.75) is 45.0 Å². The number of alkyl halides is 3. The van der Waals surface area contributed by atoms with Gasteiger partial charge in [0.05, 0.1) is 11.4 Å². The van der Waals surface area contributed by atoms with E-state index >= 15 is 0 Å². The van der Waals surface area contributed by atoms with Gasteiger partial charge in [-0.2, -0.15) is 0 Å². The average molecular weight is 461 g/mol. The highest BCUT2D eigenvalue weighted by atomic mass is 19.4. The fraction of sp³-hybridized carbons (Fsp3) is 0.417. The number of H-pyrrole nitrogens is 1. The van der Waals surface area contributed by atoms with Crippen molar-refractivity contribution in [3.8, 4) is 11.4 Å². The Morgan fingerprint density at radius 2 is 1.88 bits per heavy atom. The number of aromatic nitrogens is 3. The molecule has 2 aromatic heterocycles. The predicted molar refractivity (Wildman–Crippen MR) is 118 cm³/mol. The number of likely N-dealkylation sites (tertiary alicyclic amines) is 1. The van der Waals surface area contributed by atoms with Crippen LogP contribution in [0.15, 0.2) is 59.7 Å². The van der Waals surface area contributed by atoms with Gasteiger partial charge in [0.1, 0.15) is 5.75 Å². The lowest BCUT2D eigenvalue weighted by atomic mass is 9.91. The van der Waals surface area contributed by atoms with E-state index in [1.54, 1.807) is 12.3 Å². The molecule has 0 radical (unpaired) electrons. The van der Waals surface area contributed by atoms with Gasteiger partial charge in [-0.15, -0.1) is 13.2 Å².